The van der Waals surface area contributed by atoms with Crippen LogP contribution in [-0.4, -0.2) is 93.0 Å². The molecular weight excluding hydrogens is 264 g/mol. The van der Waals surface area contributed by atoms with Gasteiger partial charge in [-0.3, -0.25) is 0 Å². The molecule has 0 aromatic carbocycles. The smallest absolute Gasteiger partial charge is 0.151 e. The van der Waals surface area contributed by atoms with Crippen LogP contribution >= 0.6 is 0 Å². The largest absolute Gasteiger partial charge is 0.394 e. The molecule has 0 aromatic rings. The maximum atomic E-state index is 10.7. The van der Waals surface area contributed by atoms with Gasteiger partial charge in [-0.25, -0.2) is 0 Å². The van der Waals surface area contributed by atoms with Crippen LogP contribution < -0.4 is 0 Å². The molecule has 0 fully saturated rings. The first-order valence-corrected chi connectivity index (χ1v) is 5.42. The highest BCUT2D eigenvalue weighted by molar-refractivity contribution is 5.61. The third kappa shape index (κ3) is 5.28. The van der Waals surface area contributed by atoms with Gasteiger partial charge in [-0.2, -0.15) is 0 Å². The zero-order valence-corrected chi connectivity index (χ0v) is 9.94. The number of hydrogen-bond acceptors (Lipinski definition) is 9. The molecule has 0 aliphatic heterocycles. The van der Waals surface area contributed by atoms with Crippen molar-refractivity contribution >= 4 is 12.6 Å². The average molecular weight is 282 g/mol. The topological polar surface area (TPSA) is 165 Å². The van der Waals surface area contributed by atoms with Crippen molar-refractivity contribution in [2.75, 3.05) is 13.2 Å². The summed E-state index contributed by atoms with van der Waals surface area (Å²) in [5.74, 6) is 0. The van der Waals surface area contributed by atoms with E-state index >= 15 is 0 Å². The maximum Gasteiger partial charge on any atom is 0.151 e. The first-order valence-electron chi connectivity index (χ1n) is 5.42. The minimum Gasteiger partial charge on any atom is -0.394 e. The van der Waals surface area contributed by atoms with E-state index in [1.165, 1.54) is 0 Å². The summed E-state index contributed by atoms with van der Waals surface area (Å²) in [7, 11) is 0. The number of hydrogen-bond donors (Lipinski definition) is 6. The lowest BCUT2D eigenvalue weighted by molar-refractivity contribution is -0.169. The summed E-state index contributed by atoms with van der Waals surface area (Å²) in [5, 5.41) is 54.3. The van der Waals surface area contributed by atoms with Gasteiger partial charge >= 0.3 is 0 Å². The molecule has 112 valence electrons. The summed E-state index contributed by atoms with van der Waals surface area (Å²) >= 11 is 0. The fourth-order valence-corrected chi connectivity index (χ4v) is 1.22. The normalized spacial score (nSPS) is 20.9. The first-order chi connectivity index (χ1) is 8.92. The van der Waals surface area contributed by atoms with Gasteiger partial charge < -0.3 is 45.0 Å². The van der Waals surface area contributed by atoms with Gasteiger partial charge in [0.25, 0.3) is 0 Å². The van der Waals surface area contributed by atoms with Crippen molar-refractivity contribution in [3.63, 3.8) is 0 Å². The van der Waals surface area contributed by atoms with Crippen LogP contribution in [0.15, 0.2) is 0 Å². The minimum absolute atomic E-state index is 0.0676. The van der Waals surface area contributed by atoms with Crippen LogP contribution in [0.4, 0.5) is 0 Å². The van der Waals surface area contributed by atoms with Crippen LogP contribution in [0.5, 0.6) is 0 Å². The molecule has 6 N–H and O–H groups in total. The van der Waals surface area contributed by atoms with Crippen LogP contribution in [-0.2, 0) is 14.3 Å². The molecule has 6 atom stereocenters. The summed E-state index contributed by atoms with van der Waals surface area (Å²) in [6.45, 7) is -1.69. The van der Waals surface area contributed by atoms with Crippen molar-refractivity contribution < 1.29 is 45.0 Å². The van der Waals surface area contributed by atoms with E-state index in [1.807, 2.05) is 0 Å². The third-order valence-electron chi connectivity index (χ3n) is 2.42. The highest BCUT2D eigenvalue weighted by Crippen LogP contribution is 2.10. The molecular formula is C10H18O9. The Labute approximate surface area is 108 Å². The van der Waals surface area contributed by atoms with Crippen molar-refractivity contribution in [2.45, 2.75) is 36.6 Å². The van der Waals surface area contributed by atoms with E-state index in [0.717, 1.165) is 0 Å². The molecule has 9 heteroatoms. The molecule has 0 spiro atoms. The second kappa shape index (κ2) is 9.04. The Bertz CT molecular complexity index is 246. The second-order valence-corrected chi connectivity index (χ2v) is 3.82. The molecule has 0 rings (SSSR count). The lowest BCUT2D eigenvalue weighted by Gasteiger charge is -2.27. The maximum absolute atomic E-state index is 10.7. The van der Waals surface area contributed by atoms with Gasteiger partial charge in [-0.15, -0.1) is 0 Å². The van der Waals surface area contributed by atoms with Gasteiger partial charge in [-0.05, 0) is 0 Å². The van der Waals surface area contributed by atoms with E-state index in [0.29, 0.717) is 0 Å². The molecule has 0 amide bonds. The zero-order chi connectivity index (χ0) is 15.0. The van der Waals surface area contributed by atoms with Crippen LogP contribution in [0.25, 0.3) is 0 Å². The molecule has 0 saturated carbocycles. The summed E-state index contributed by atoms with van der Waals surface area (Å²) in [6.07, 6.45) is -10.2. The van der Waals surface area contributed by atoms with Crippen molar-refractivity contribution in [1.82, 2.24) is 0 Å². The molecule has 9 nitrogen and oxygen atoms in total. The fraction of sp³-hybridized carbons (Fsp3) is 0.800. The highest BCUT2D eigenvalue weighted by atomic mass is 16.5. The van der Waals surface area contributed by atoms with Gasteiger partial charge in [0.1, 0.15) is 36.6 Å². The van der Waals surface area contributed by atoms with E-state index in [9.17, 15) is 19.8 Å². The Morgan fingerprint density at radius 2 is 1.11 bits per heavy atom. The fourth-order valence-electron chi connectivity index (χ4n) is 1.22. The molecule has 0 bridgehead atoms. The van der Waals surface area contributed by atoms with Gasteiger partial charge in [0.2, 0.25) is 0 Å². The van der Waals surface area contributed by atoms with E-state index in [1.54, 1.807) is 0 Å². The number of aliphatic hydroxyl groups is 6. The first kappa shape index (κ1) is 18.1. The number of carbonyl (C=O) groups is 2. The Kier molecular flexibility index (Phi) is 8.59. The van der Waals surface area contributed by atoms with Crippen LogP contribution in [0.1, 0.15) is 0 Å². The SMILES string of the molecule is O=C[C@H](O[C@@H](C=O)[C@H](O)[C@H](O)CO)[C@H](O)[C@H](O)CO. The van der Waals surface area contributed by atoms with Crippen molar-refractivity contribution in [2.24, 2.45) is 0 Å². The molecule has 0 radical (unpaired) electrons. The standard InChI is InChI=1S/C10H18O9/c11-1-5(15)9(17)7(3-13)19-8(4-14)10(18)6(16)2-12/h3-12,15-18H,1-2H2/t5-,6-,7+,8+,9-,10-/m1/s1. The lowest BCUT2D eigenvalue weighted by atomic mass is 10.1. The van der Waals surface area contributed by atoms with Crippen LogP contribution in [0.2, 0.25) is 0 Å². The quantitative estimate of drug-likeness (QED) is 0.217. The molecule has 0 aliphatic rings. The summed E-state index contributed by atoms with van der Waals surface area (Å²) in [4.78, 5) is 21.4. The zero-order valence-electron chi connectivity index (χ0n) is 9.94. The third-order valence-corrected chi connectivity index (χ3v) is 2.42. The number of aldehydes is 2. The number of ether oxygens (including phenoxy) is 1. The molecule has 19 heavy (non-hydrogen) atoms. The molecule has 0 unspecified atom stereocenters. The average Bonchev–Trinajstić information content (AvgIpc) is 2.45. The van der Waals surface area contributed by atoms with Crippen LogP contribution in [0, 0.1) is 0 Å². The highest BCUT2D eigenvalue weighted by Gasteiger charge is 2.33. The molecule has 0 aromatic heterocycles. The number of rotatable bonds is 10. The summed E-state index contributed by atoms with van der Waals surface area (Å²) in [5.41, 5.74) is 0. The Balaban J connectivity index is 4.73. The predicted octanol–water partition coefficient (Wildman–Crippen LogP) is -4.43. The summed E-state index contributed by atoms with van der Waals surface area (Å²) in [6, 6.07) is 0. The van der Waals surface area contributed by atoms with Crippen molar-refractivity contribution in [3.8, 4) is 0 Å². The number of aliphatic hydroxyl groups excluding tert-OH is 6. The Hall–Kier alpha value is -0.940. The van der Waals surface area contributed by atoms with E-state index in [-0.39, 0.29) is 12.6 Å². The minimum atomic E-state index is -1.82. The van der Waals surface area contributed by atoms with Crippen LogP contribution in [0.3, 0.4) is 0 Å². The number of carbonyl (C=O) groups excluding carboxylic acids is 2. The van der Waals surface area contributed by atoms with E-state index in [2.05, 4.69) is 0 Å². The van der Waals surface area contributed by atoms with Gasteiger partial charge in [0.05, 0.1) is 13.2 Å². The molecule has 0 aliphatic carbocycles. The predicted molar refractivity (Wildman–Crippen MR) is 59.0 cm³/mol. The van der Waals surface area contributed by atoms with Crippen molar-refractivity contribution in [1.29, 1.82) is 0 Å². The lowest BCUT2D eigenvalue weighted by Crippen LogP contribution is -2.49. The molecule has 0 heterocycles. The van der Waals surface area contributed by atoms with Gasteiger partial charge in [0, 0.05) is 0 Å². The van der Waals surface area contributed by atoms with E-state index in [4.69, 9.17) is 25.2 Å². The van der Waals surface area contributed by atoms with E-state index < -0.39 is 49.8 Å². The second-order valence-electron chi connectivity index (χ2n) is 3.82. The summed E-state index contributed by atoms with van der Waals surface area (Å²) < 4.78 is 4.74. The van der Waals surface area contributed by atoms with Gasteiger partial charge in [0.15, 0.2) is 12.6 Å². The Morgan fingerprint density at radius 3 is 1.32 bits per heavy atom. The Morgan fingerprint density at radius 1 is 0.789 bits per heavy atom. The molecule has 0 saturated heterocycles. The van der Waals surface area contributed by atoms with Gasteiger partial charge in [-0.1, -0.05) is 0 Å². The van der Waals surface area contributed by atoms with Crippen molar-refractivity contribution in [3.05, 3.63) is 0 Å². The monoisotopic (exact) mass is 282 g/mol.